The molecule has 1 aliphatic rings. The van der Waals surface area contributed by atoms with Gasteiger partial charge in [0.1, 0.15) is 0 Å². The van der Waals surface area contributed by atoms with Crippen LogP contribution in [-0.4, -0.2) is 23.7 Å². The third-order valence-corrected chi connectivity index (χ3v) is 3.98. The van der Waals surface area contributed by atoms with Crippen molar-refractivity contribution in [2.45, 2.75) is 44.9 Å². The van der Waals surface area contributed by atoms with Crippen LogP contribution in [0.15, 0.2) is 42.9 Å². The third kappa shape index (κ3) is 5.55. The fourth-order valence-corrected chi connectivity index (χ4v) is 2.81. The van der Waals surface area contributed by atoms with E-state index in [1.165, 1.54) is 37.7 Å². The van der Waals surface area contributed by atoms with Crippen molar-refractivity contribution in [2.75, 3.05) is 13.7 Å². The zero-order chi connectivity index (χ0) is 16.3. The highest BCUT2D eigenvalue weighted by Gasteiger charge is 2.18. The summed E-state index contributed by atoms with van der Waals surface area (Å²) in [6, 6.07) is 7.81. The first-order valence-corrected chi connectivity index (χ1v) is 8.37. The van der Waals surface area contributed by atoms with Gasteiger partial charge in [0.05, 0.1) is 13.7 Å². The molecule has 0 radical (unpaired) electrons. The smallest absolute Gasteiger partial charge is 0.256 e. The summed E-state index contributed by atoms with van der Waals surface area (Å²) in [6.45, 7) is 2.57. The first-order chi connectivity index (χ1) is 11.3. The largest absolute Gasteiger partial charge is 0.491 e. The van der Waals surface area contributed by atoms with E-state index < -0.39 is 0 Å². The summed E-state index contributed by atoms with van der Waals surface area (Å²) in [7, 11) is 1.67. The summed E-state index contributed by atoms with van der Waals surface area (Å²) in [5, 5.41) is 0. The lowest BCUT2D eigenvalue weighted by Crippen LogP contribution is -2.06. The first kappa shape index (κ1) is 17.3. The Labute approximate surface area is 138 Å². The second-order valence-electron chi connectivity index (χ2n) is 5.57. The molecule has 0 aliphatic heterocycles. The van der Waals surface area contributed by atoms with Crippen molar-refractivity contribution in [3.8, 4) is 11.6 Å². The maximum Gasteiger partial charge on any atom is 0.256 e. The van der Waals surface area contributed by atoms with Gasteiger partial charge in [0.2, 0.25) is 0 Å². The van der Waals surface area contributed by atoms with Crippen LogP contribution in [0.5, 0.6) is 11.6 Å². The van der Waals surface area contributed by atoms with Gasteiger partial charge in [-0.15, -0.1) is 0 Å². The molecule has 0 spiro atoms. The lowest BCUT2D eigenvalue weighted by molar-refractivity contribution is 0.297. The maximum atomic E-state index is 5.43. The van der Waals surface area contributed by atoms with Gasteiger partial charge in [0.25, 0.3) is 5.88 Å². The second-order valence-corrected chi connectivity index (χ2v) is 5.57. The van der Waals surface area contributed by atoms with Crippen molar-refractivity contribution < 1.29 is 9.47 Å². The predicted molar refractivity (Wildman–Crippen MR) is 92.0 cm³/mol. The van der Waals surface area contributed by atoms with Crippen molar-refractivity contribution in [1.29, 1.82) is 0 Å². The van der Waals surface area contributed by atoms with Crippen molar-refractivity contribution in [2.24, 2.45) is 0 Å². The molecule has 0 aromatic carbocycles. The van der Waals surface area contributed by atoms with E-state index in [2.05, 4.69) is 16.0 Å². The topological polar surface area (TPSA) is 44.2 Å². The molecule has 4 heteroatoms. The molecule has 2 aromatic heterocycles. The lowest BCUT2D eigenvalue weighted by atomic mass is 9.85. The van der Waals surface area contributed by atoms with Gasteiger partial charge in [-0.1, -0.05) is 25.3 Å². The molecule has 1 fully saturated rings. The van der Waals surface area contributed by atoms with Crippen LogP contribution < -0.4 is 9.47 Å². The van der Waals surface area contributed by atoms with E-state index >= 15 is 0 Å². The minimum atomic E-state index is 0.606. The Bertz CT molecular complexity index is 528. The number of aromatic nitrogens is 2. The molecule has 1 saturated carbocycles. The molecule has 1 aliphatic carbocycles. The predicted octanol–water partition coefficient (Wildman–Crippen LogP) is 4.62. The summed E-state index contributed by atoms with van der Waals surface area (Å²) in [5.74, 6) is 2.02. The number of hydrogen-bond donors (Lipinski definition) is 0. The Morgan fingerprint density at radius 3 is 2.35 bits per heavy atom. The number of pyridine rings is 2. The number of rotatable bonds is 4. The van der Waals surface area contributed by atoms with Gasteiger partial charge in [-0.2, -0.15) is 0 Å². The zero-order valence-corrected chi connectivity index (χ0v) is 14.1. The van der Waals surface area contributed by atoms with E-state index in [9.17, 15) is 0 Å². The summed E-state index contributed by atoms with van der Waals surface area (Å²) in [4.78, 5) is 8.15. The second kappa shape index (κ2) is 9.82. The highest BCUT2D eigenvalue weighted by molar-refractivity contribution is 5.37. The van der Waals surface area contributed by atoms with Crippen molar-refractivity contribution >= 4 is 0 Å². The van der Waals surface area contributed by atoms with Crippen LogP contribution in [0.4, 0.5) is 0 Å². The molecule has 2 aromatic rings. The molecule has 124 valence electrons. The Morgan fingerprint density at radius 1 is 1.09 bits per heavy atom. The molecule has 0 saturated heterocycles. The van der Waals surface area contributed by atoms with Gasteiger partial charge < -0.3 is 9.47 Å². The van der Waals surface area contributed by atoms with Gasteiger partial charge in [-0.25, -0.2) is 4.98 Å². The normalized spacial score (nSPS) is 14.5. The number of methoxy groups -OCH3 is 1. The van der Waals surface area contributed by atoms with Gasteiger partial charge in [0.15, 0.2) is 5.75 Å². The Morgan fingerprint density at radius 2 is 1.83 bits per heavy atom. The number of ether oxygens (including phenoxy) is 2. The van der Waals surface area contributed by atoms with Crippen molar-refractivity contribution in [1.82, 2.24) is 9.97 Å². The Kier molecular flexibility index (Phi) is 7.37. The van der Waals surface area contributed by atoms with Crippen LogP contribution in [0, 0.1) is 0 Å². The van der Waals surface area contributed by atoms with Crippen molar-refractivity contribution in [3.63, 3.8) is 0 Å². The summed E-state index contributed by atoms with van der Waals surface area (Å²) in [5.41, 5.74) is 1.30. The Balaban J connectivity index is 0.000000268. The average molecular weight is 314 g/mol. The fourth-order valence-electron chi connectivity index (χ4n) is 2.81. The highest BCUT2D eigenvalue weighted by atomic mass is 16.5. The number of nitrogens with zero attached hydrogens (tertiary/aromatic N) is 2. The standard InChI is InChI=1S/C14H21NO2.C5H5N/c1-3-17-14-13(16-2)9-12(10-15-14)11-7-5-4-6-8-11;1-2-4-6-5-3-1/h9-11H,3-8H2,1-2H3;1-5H. The van der Waals surface area contributed by atoms with Crippen LogP contribution in [0.1, 0.15) is 50.5 Å². The molecule has 4 nitrogen and oxygen atoms in total. The quantitative estimate of drug-likeness (QED) is 0.826. The van der Waals surface area contributed by atoms with Crippen LogP contribution in [0.2, 0.25) is 0 Å². The van der Waals surface area contributed by atoms with E-state index in [4.69, 9.17) is 9.47 Å². The monoisotopic (exact) mass is 314 g/mol. The summed E-state index contributed by atoms with van der Waals surface area (Å²) < 4.78 is 10.8. The maximum absolute atomic E-state index is 5.43. The van der Waals surface area contributed by atoms with Crippen molar-refractivity contribution in [3.05, 3.63) is 48.4 Å². The van der Waals surface area contributed by atoms with Crippen LogP contribution in [-0.2, 0) is 0 Å². The van der Waals surface area contributed by atoms with E-state index in [0.29, 0.717) is 18.4 Å². The zero-order valence-electron chi connectivity index (χ0n) is 14.1. The van der Waals surface area contributed by atoms with E-state index in [1.807, 2.05) is 31.3 Å². The minimum absolute atomic E-state index is 0.606. The number of hydrogen-bond acceptors (Lipinski definition) is 4. The first-order valence-electron chi connectivity index (χ1n) is 8.37. The molecule has 2 heterocycles. The molecular weight excluding hydrogens is 288 g/mol. The molecular formula is C19H26N2O2. The van der Waals surface area contributed by atoms with Gasteiger partial charge in [-0.05, 0) is 49.4 Å². The van der Waals surface area contributed by atoms with Gasteiger partial charge in [0, 0.05) is 18.6 Å². The SMILES string of the molecule is CCOc1ncc(C2CCCCC2)cc1OC.c1ccncc1. The van der Waals surface area contributed by atoms with E-state index in [0.717, 1.165) is 5.75 Å². The highest BCUT2D eigenvalue weighted by Crippen LogP contribution is 2.35. The fraction of sp³-hybridized carbons (Fsp3) is 0.474. The lowest BCUT2D eigenvalue weighted by Gasteiger charge is -2.22. The summed E-state index contributed by atoms with van der Waals surface area (Å²) in [6.07, 6.45) is 12.0. The van der Waals surface area contributed by atoms with E-state index in [1.54, 1.807) is 19.5 Å². The average Bonchev–Trinajstić information content (AvgIpc) is 2.65. The molecule has 0 bridgehead atoms. The molecule has 0 unspecified atom stereocenters. The van der Waals surface area contributed by atoms with Gasteiger partial charge in [-0.3, -0.25) is 4.98 Å². The minimum Gasteiger partial charge on any atom is -0.491 e. The third-order valence-electron chi connectivity index (χ3n) is 3.98. The summed E-state index contributed by atoms with van der Waals surface area (Å²) >= 11 is 0. The van der Waals surface area contributed by atoms with Crippen LogP contribution in [0.25, 0.3) is 0 Å². The molecule has 0 N–H and O–H groups in total. The van der Waals surface area contributed by atoms with Gasteiger partial charge >= 0.3 is 0 Å². The molecule has 0 atom stereocenters. The molecule has 23 heavy (non-hydrogen) atoms. The van der Waals surface area contributed by atoms with E-state index in [-0.39, 0.29) is 0 Å². The molecule has 3 rings (SSSR count). The van der Waals surface area contributed by atoms with Crippen LogP contribution >= 0.6 is 0 Å². The Hall–Kier alpha value is -2.10. The molecule has 0 amide bonds. The van der Waals surface area contributed by atoms with Crippen LogP contribution in [0.3, 0.4) is 0 Å².